The first kappa shape index (κ1) is 18.2. The Kier molecular flexibility index (Phi) is 4.64. The number of nitrogens with one attached hydrogen (secondary N) is 1. The minimum Gasteiger partial charge on any atom is -0.326 e. The lowest BCUT2D eigenvalue weighted by atomic mass is 10.1. The van der Waals surface area contributed by atoms with Gasteiger partial charge in [0.15, 0.2) is 5.82 Å². The van der Waals surface area contributed by atoms with Crippen molar-refractivity contribution in [1.82, 2.24) is 29.5 Å². The van der Waals surface area contributed by atoms with Crippen LogP contribution in [0.25, 0.3) is 22.3 Å². The zero-order valence-corrected chi connectivity index (χ0v) is 16.2. The van der Waals surface area contributed by atoms with Crippen LogP contribution in [0.15, 0.2) is 36.9 Å². The van der Waals surface area contributed by atoms with Crippen molar-refractivity contribution in [1.29, 1.82) is 0 Å². The van der Waals surface area contributed by atoms with Crippen LogP contribution in [0.1, 0.15) is 25.7 Å². The number of hydrogen-bond acceptors (Lipinski definition) is 6. The number of nitrogens with zero attached hydrogens (tertiary/aromatic N) is 6. The van der Waals surface area contributed by atoms with Crippen LogP contribution in [0, 0.1) is 12.7 Å². The third-order valence-corrected chi connectivity index (χ3v) is 4.48. The molecule has 3 heterocycles. The van der Waals surface area contributed by atoms with Gasteiger partial charge in [-0.25, -0.2) is 29.3 Å². The molecule has 0 saturated heterocycles. The van der Waals surface area contributed by atoms with Crippen molar-refractivity contribution in [3.8, 4) is 11.3 Å². The molecule has 28 heavy (non-hydrogen) atoms. The maximum absolute atomic E-state index is 14.7. The van der Waals surface area contributed by atoms with Crippen molar-refractivity contribution in [3.05, 3.63) is 53.7 Å². The van der Waals surface area contributed by atoms with Crippen LogP contribution in [-0.2, 0) is 0 Å². The van der Waals surface area contributed by atoms with E-state index in [0.717, 1.165) is 11.3 Å². The molecule has 0 radical (unpaired) electrons. The Labute approximate surface area is 165 Å². The summed E-state index contributed by atoms with van der Waals surface area (Å²) in [5, 5.41) is 3.33. The summed E-state index contributed by atoms with van der Waals surface area (Å²) in [6, 6.07) is 5.21. The van der Waals surface area contributed by atoms with E-state index in [1.807, 2.05) is 31.4 Å². The lowest BCUT2D eigenvalue weighted by molar-refractivity contribution is 0.600. The molecule has 4 rings (SSSR count). The van der Waals surface area contributed by atoms with E-state index < -0.39 is 0 Å². The number of halogens is 2. The van der Waals surface area contributed by atoms with Crippen LogP contribution < -0.4 is 5.32 Å². The monoisotopic (exact) mass is 397 g/mol. The molecular weight excluding hydrogens is 381 g/mol. The minimum absolute atomic E-state index is 0.158. The third kappa shape index (κ3) is 3.38. The Balaban J connectivity index is 1.75. The van der Waals surface area contributed by atoms with Crippen molar-refractivity contribution in [2.24, 2.45) is 0 Å². The average Bonchev–Trinajstić information content (AvgIpc) is 3.00. The van der Waals surface area contributed by atoms with Crippen molar-refractivity contribution in [3.63, 3.8) is 0 Å². The fourth-order valence-corrected chi connectivity index (χ4v) is 3.26. The maximum atomic E-state index is 14.7. The van der Waals surface area contributed by atoms with Gasteiger partial charge in [0.1, 0.15) is 34.5 Å². The van der Waals surface area contributed by atoms with Crippen molar-refractivity contribution in [2.45, 2.75) is 26.8 Å². The molecule has 0 unspecified atom stereocenters. The molecule has 1 N–H and O–H groups in total. The first-order valence-electron chi connectivity index (χ1n) is 8.67. The summed E-state index contributed by atoms with van der Waals surface area (Å²) in [6.45, 7) is 5.95. The smallest absolute Gasteiger partial charge is 0.151 e. The third-order valence-electron chi connectivity index (χ3n) is 4.28. The van der Waals surface area contributed by atoms with E-state index in [4.69, 9.17) is 11.6 Å². The molecule has 0 fully saturated rings. The zero-order valence-electron chi connectivity index (χ0n) is 15.5. The van der Waals surface area contributed by atoms with Crippen LogP contribution in [-0.4, -0.2) is 29.5 Å². The van der Waals surface area contributed by atoms with Crippen molar-refractivity contribution >= 4 is 34.3 Å². The number of aryl methyl sites for hydroxylation is 1. The summed E-state index contributed by atoms with van der Waals surface area (Å²) < 4.78 is 16.7. The molecule has 0 atom stereocenters. The Morgan fingerprint density at radius 2 is 1.86 bits per heavy atom. The predicted molar refractivity (Wildman–Crippen MR) is 106 cm³/mol. The number of imidazole rings is 1. The summed E-state index contributed by atoms with van der Waals surface area (Å²) in [6.07, 6.45) is 4.35. The predicted octanol–water partition coefficient (Wildman–Crippen LogP) is 4.71. The minimum atomic E-state index is -0.383. The highest BCUT2D eigenvalue weighted by molar-refractivity contribution is 6.29. The SMILES string of the molecule is Cc1nc2c(F)cc(-c3cc(Nc4cnc(Cl)cn4)ncn3)cc2n1C(C)C. The Morgan fingerprint density at radius 3 is 2.57 bits per heavy atom. The van der Waals surface area contributed by atoms with Gasteiger partial charge in [0.05, 0.1) is 23.6 Å². The normalized spacial score (nSPS) is 11.4. The van der Waals surface area contributed by atoms with Gasteiger partial charge in [-0.05, 0) is 32.9 Å². The van der Waals surface area contributed by atoms with E-state index in [1.54, 1.807) is 6.07 Å². The summed E-state index contributed by atoms with van der Waals surface area (Å²) in [4.78, 5) is 20.9. The summed E-state index contributed by atoms with van der Waals surface area (Å²) in [5.41, 5.74) is 2.31. The van der Waals surface area contributed by atoms with E-state index in [9.17, 15) is 4.39 Å². The van der Waals surface area contributed by atoms with Gasteiger partial charge >= 0.3 is 0 Å². The molecular formula is C19H17ClFN7. The number of fused-ring (bicyclic) bond motifs is 1. The number of anilines is 2. The molecule has 0 aliphatic carbocycles. The molecule has 4 aromatic rings. The van der Waals surface area contributed by atoms with Crippen molar-refractivity contribution in [2.75, 3.05) is 5.32 Å². The quantitative estimate of drug-likeness (QED) is 0.537. The lowest BCUT2D eigenvalue weighted by Crippen LogP contribution is -2.03. The Bertz CT molecular complexity index is 1160. The fraction of sp³-hybridized carbons (Fsp3) is 0.211. The highest BCUT2D eigenvalue weighted by Crippen LogP contribution is 2.29. The molecule has 3 aromatic heterocycles. The standard InChI is InChI=1S/C19H17ClFN7/c1-10(2)28-11(3)26-19-13(21)4-12(5-15(19)28)14-6-17(25-9-24-14)27-18-8-22-16(20)7-23-18/h4-10H,1-3H3,(H,23,24,25,27). The highest BCUT2D eigenvalue weighted by atomic mass is 35.5. The van der Waals surface area contributed by atoms with Crippen molar-refractivity contribution < 1.29 is 4.39 Å². The van der Waals surface area contributed by atoms with Crippen LogP contribution in [0.2, 0.25) is 5.15 Å². The second kappa shape index (κ2) is 7.12. The summed E-state index contributed by atoms with van der Waals surface area (Å²) >= 11 is 5.75. The van der Waals surface area contributed by atoms with E-state index >= 15 is 0 Å². The Hall–Kier alpha value is -3.13. The molecule has 0 aliphatic rings. The van der Waals surface area contributed by atoms with Gasteiger partial charge in [0.2, 0.25) is 0 Å². The molecule has 0 amide bonds. The molecule has 0 bridgehead atoms. The van der Waals surface area contributed by atoms with Gasteiger partial charge in [-0.1, -0.05) is 11.6 Å². The maximum Gasteiger partial charge on any atom is 0.151 e. The highest BCUT2D eigenvalue weighted by Gasteiger charge is 2.16. The van der Waals surface area contributed by atoms with E-state index in [0.29, 0.717) is 33.6 Å². The molecule has 1 aromatic carbocycles. The van der Waals surface area contributed by atoms with Gasteiger partial charge in [-0.15, -0.1) is 0 Å². The first-order chi connectivity index (χ1) is 13.4. The van der Waals surface area contributed by atoms with E-state index in [2.05, 4.69) is 30.2 Å². The fourth-order valence-electron chi connectivity index (χ4n) is 3.16. The molecule has 0 spiro atoms. The zero-order chi connectivity index (χ0) is 19.8. The van der Waals surface area contributed by atoms with Gasteiger partial charge < -0.3 is 9.88 Å². The van der Waals surface area contributed by atoms with Crippen LogP contribution >= 0.6 is 11.6 Å². The van der Waals surface area contributed by atoms with Crippen LogP contribution in [0.5, 0.6) is 0 Å². The van der Waals surface area contributed by atoms with E-state index in [1.165, 1.54) is 24.8 Å². The Morgan fingerprint density at radius 1 is 1.04 bits per heavy atom. The largest absolute Gasteiger partial charge is 0.326 e. The molecule has 0 saturated carbocycles. The summed E-state index contributed by atoms with van der Waals surface area (Å²) in [7, 11) is 0. The topological polar surface area (TPSA) is 81.4 Å². The molecule has 7 nitrogen and oxygen atoms in total. The van der Waals surface area contributed by atoms with E-state index in [-0.39, 0.29) is 11.9 Å². The number of rotatable bonds is 4. The second-order valence-electron chi connectivity index (χ2n) is 6.59. The number of aromatic nitrogens is 6. The van der Waals surface area contributed by atoms with Gasteiger partial charge in [0.25, 0.3) is 0 Å². The van der Waals surface area contributed by atoms with Gasteiger partial charge in [-0.2, -0.15) is 0 Å². The second-order valence-corrected chi connectivity index (χ2v) is 6.97. The number of benzene rings is 1. The molecule has 9 heteroatoms. The molecule has 142 valence electrons. The van der Waals surface area contributed by atoms with Gasteiger partial charge in [0, 0.05) is 17.7 Å². The van der Waals surface area contributed by atoms with Crippen LogP contribution in [0.3, 0.4) is 0 Å². The molecule has 0 aliphatic heterocycles. The first-order valence-corrected chi connectivity index (χ1v) is 9.05. The lowest BCUT2D eigenvalue weighted by Gasteiger charge is -2.12. The number of hydrogen-bond donors (Lipinski definition) is 1. The average molecular weight is 398 g/mol. The van der Waals surface area contributed by atoms with Gasteiger partial charge in [-0.3, -0.25) is 0 Å². The summed E-state index contributed by atoms with van der Waals surface area (Å²) in [5.74, 6) is 1.39. The van der Waals surface area contributed by atoms with Crippen LogP contribution in [0.4, 0.5) is 16.0 Å².